The molecule has 0 unspecified atom stereocenters. The number of carbonyl (C=O) groups is 1. The van der Waals surface area contributed by atoms with E-state index < -0.39 is 0 Å². The summed E-state index contributed by atoms with van der Waals surface area (Å²) in [5.74, 6) is 0.0892. The fourth-order valence-corrected chi connectivity index (χ4v) is 2.27. The Hall–Kier alpha value is -1.55. The second kappa shape index (κ2) is 5.19. The van der Waals surface area contributed by atoms with Gasteiger partial charge in [-0.05, 0) is 30.5 Å². The fourth-order valence-electron chi connectivity index (χ4n) is 2.27. The van der Waals surface area contributed by atoms with E-state index in [4.69, 9.17) is 5.73 Å². The van der Waals surface area contributed by atoms with Gasteiger partial charge in [0.25, 0.3) is 0 Å². The van der Waals surface area contributed by atoms with Crippen LogP contribution >= 0.6 is 0 Å². The Morgan fingerprint density at radius 1 is 1.41 bits per heavy atom. The number of nitrogen functional groups attached to an aromatic ring is 1. The van der Waals surface area contributed by atoms with Crippen LogP contribution in [0.4, 0.5) is 5.69 Å². The summed E-state index contributed by atoms with van der Waals surface area (Å²) in [5, 5.41) is 9.18. The number of carbonyl (C=O) groups excluding carboxylic acids is 1. The molecule has 2 rings (SSSR count). The third kappa shape index (κ3) is 2.77. The number of nitrogens with two attached hydrogens (primary N) is 1. The molecule has 1 atom stereocenters. The second-order valence-electron chi connectivity index (χ2n) is 4.48. The molecule has 0 aliphatic carbocycles. The summed E-state index contributed by atoms with van der Waals surface area (Å²) in [5.41, 5.74) is 7.26. The molecule has 17 heavy (non-hydrogen) atoms. The second-order valence-corrected chi connectivity index (χ2v) is 4.48. The Morgan fingerprint density at radius 2 is 2.12 bits per heavy atom. The van der Waals surface area contributed by atoms with E-state index in [0.717, 1.165) is 24.9 Å². The Morgan fingerprint density at radius 3 is 2.76 bits per heavy atom. The maximum atomic E-state index is 12.1. The van der Waals surface area contributed by atoms with Crippen LogP contribution in [0.5, 0.6) is 0 Å². The van der Waals surface area contributed by atoms with Gasteiger partial charge in [-0.2, -0.15) is 0 Å². The van der Waals surface area contributed by atoms with E-state index in [2.05, 4.69) is 0 Å². The molecule has 1 aliphatic heterocycles. The van der Waals surface area contributed by atoms with Gasteiger partial charge in [0.05, 0.1) is 19.1 Å². The Bertz CT molecular complexity index is 389. The van der Waals surface area contributed by atoms with E-state index in [9.17, 15) is 9.90 Å². The van der Waals surface area contributed by atoms with Crippen molar-refractivity contribution < 1.29 is 9.90 Å². The van der Waals surface area contributed by atoms with E-state index in [1.54, 1.807) is 17.0 Å². The van der Waals surface area contributed by atoms with Crippen LogP contribution in [0.1, 0.15) is 18.4 Å². The average Bonchev–Trinajstić information content (AvgIpc) is 2.80. The van der Waals surface area contributed by atoms with Crippen molar-refractivity contribution in [3.05, 3.63) is 29.8 Å². The van der Waals surface area contributed by atoms with Gasteiger partial charge in [-0.3, -0.25) is 4.79 Å². The van der Waals surface area contributed by atoms with Crippen LogP contribution in [0.25, 0.3) is 0 Å². The summed E-state index contributed by atoms with van der Waals surface area (Å²) < 4.78 is 0. The van der Waals surface area contributed by atoms with Gasteiger partial charge in [0.15, 0.2) is 0 Å². The van der Waals surface area contributed by atoms with Crippen molar-refractivity contribution in [2.24, 2.45) is 0 Å². The lowest BCUT2D eigenvalue weighted by atomic mass is 10.1. The molecule has 3 N–H and O–H groups in total. The van der Waals surface area contributed by atoms with Crippen molar-refractivity contribution in [3.63, 3.8) is 0 Å². The number of benzene rings is 1. The third-order valence-electron chi connectivity index (χ3n) is 3.24. The maximum Gasteiger partial charge on any atom is 0.227 e. The number of aliphatic hydroxyl groups excluding tert-OH is 1. The summed E-state index contributed by atoms with van der Waals surface area (Å²) in [6, 6.07) is 7.36. The number of nitrogens with zero attached hydrogens (tertiary/aromatic N) is 1. The van der Waals surface area contributed by atoms with E-state index in [0.29, 0.717) is 12.1 Å². The van der Waals surface area contributed by atoms with Crippen LogP contribution in [-0.4, -0.2) is 35.1 Å². The fraction of sp³-hybridized carbons (Fsp3) is 0.462. The van der Waals surface area contributed by atoms with Gasteiger partial charge in [0.1, 0.15) is 0 Å². The lowest BCUT2D eigenvalue weighted by Gasteiger charge is -2.23. The first-order valence-corrected chi connectivity index (χ1v) is 5.95. The van der Waals surface area contributed by atoms with Crippen LogP contribution in [0.3, 0.4) is 0 Å². The van der Waals surface area contributed by atoms with Gasteiger partial charge in [-0.25, -0.2) is 0 Å². The molecule has 1 aliphatic rings. The molecule has 0 aromatic heterocycles. The van der Waals surface area contributed by atoms with Gasteiger partial charge in [0.2, 0.25) is 5.91 Å². The van der Waals surface area contributed by atoms with Crippen LogP contribution in [0.15, 0.2) is 24.3 Å². The average molecular weight is 234 g/mol. The van der Waals surface area contributed by atoms with Crippen molar-refractivity contribution in [1.82, 2.24) is 4.90 Å². The van der Waals surface area contributed by atoms with Crippen LogP contribution in [-0.2, 0) is 11.2 Å². The van der Waals surface area contributed by atoms with Gasteiger partial charge in [-0.1, -0.05) is 12.1 Å². The molecule has 92 valence electrons. The highest BCUT2D eigenvalue weighted by Crippen LogP contribution is 2.18. The van der Waals surface area contributed by atoms with Crippen LogP contribution < -0.4 is 5.73 Å². The molecule has 1 heterocycles. The topological polar surface area (TPSA) is 66.6 Å². The first-order valence-electron chi connectivity index (χ1n) is 5.95. The zero-order valence-electron chi connectivity index (χ0n) is 9.80. The van der Waals surface area contributed by atoms with Gasteiger partial charge < -0.3 is 15.7 Å². The lowest BCUT2D eigenvalue weighted by molar-refractivity contribution is -0.131. The lowest BCUT2D eigenvalue weighted by Crippen LogP contribution is -2.38. The first kappa shape index (κ1) is 11.9. The highest BCUT2D eigenvalue weighted by Gasteiger charge is 2.27. The largest absolute Gasteiger partial charge is 0.399 e. The summed E-state index contributed by atoms with van der Waals surface area (Å²) in [6.45, 7) is 0.826. The summed E-state index contributed by atoms with van der Waals surface area (Å²) in [6.07, 6.45) is 2.28. The Balaban J connectivity index is 1.99. The van der Waals surface area contributed by atoms with Gasteiger partial charge in [0, 0.05) is 12.2 Å². The van der Waals surface area contributed by atoms with Crippen molar-refractivity contribution in [1.29, 1.82) is 0 Å². The molecule has 1 amide bonds. The first-order chi connectivity index (χ1) is 8.20. The summed E-state index contributed by atoms with van der Waals surface area (Å²) in [4.78, 5) is 13.8. The minimum absolute atomic E-state index is 0.0104. The normalized spacial score (nSPS) is 19.6. The van der Waals surface area contributed by atoms with Crippen molar-refractivity contribution in [3.8, 4) is 0 Å². The third-order valence-corrected chi connectivity index (χ3v) is 3.24. The molecule has 1 fully saturated rings. The molecule has 1 aromatic rings. The number of hydrogen-bond acceptors (Lipinski definition) is 3. The van der Waals surface area contributed by atoms with Crippen molar-refractivity contribution >= 4 is 11.6 Å². The molecule has 1 saturated heterocycles. The quantitative estimate of drug-likeness (QED) is 0.760. The van der Waals surface area contributed by atoms with E-state index in [-0.39, 0.29) is 18.6 Å². The van der Waals surface area contributed by atoms with Crippen molar-refractivity contribution in [2.75, 3.05) is 18.9 Å². The highest BCUT2D eigenvalue weighted by molar-refractivity contribution is 5.79. The predicted molar refractivity (Wildman–Crippen MR) is 66.4 cm³/mol. The monoisotopic (exact) mass is 234 g/mol. The van der Waals surface area contributed by atoms with Crippen molar-refractivity contribution in [2.45, 2.75) is 25.3 Å². The molecule has 0 radical (unpaired) electrons. The molecule has 4 nitrogen and oxygen atoms in total. The molecule has 0 saturated carbocycles. The number of rotatable bonds is 3. The van der Waals surface area contributed by atoms with Gasteiger partial charge in [-0.15, -0.1) is 0 Å². The summed E-state index contributed by atoms with van der Waals surface area (Å²) in [7, 11) is 0. The van der Waals surface area contributed by atoms with E-state index >= 15 is 0 Å². The smallest absolute Gasteiger partial charge is 0.227 e. The predicted octanol–water partition coefficient (Wildman–Crippen LogP) is 0.795. The maximum absolute atomic E-state index is 12.1. The number of likely N-dealkylation sites (tertiary alicyclic amines) is 1. The molecule has 4 heteroatoms. The molecule has 1 aromatic carbocycles. The zero-order chi connectivity index (χ0) is 12.3. The summed E-state index contributed by atoms with van der Waals surface area (Å²) >= 11 is 0. The molecule has 0 bridgehead atoms. The number of anilines is 1. The number of hydrogen-bond donors (Lipinski definition) is 2. The molecular formula is C13H18N2O2. The van der Waals surface area contributed by atoms with E-state index in [1.807, 2.05) is 12.1 Å². The minimum atomic E-state index is 0.0104. The highest BCUT2D eigenvalue weighted by atomic mass is 16.3. The van der Waals surface area contributed by atoms with Gasteiger partial charge >= 0.3 is 0 Å². The Kier molecular flexibility index (Phi) is 3.64. The van der Waals surface area contributed by atoms with Crippen LogP contribution in [0.2, 0.25) is 0 Å². The standard InChI is InChI=1S/C13H18N2O2/c14-11-5-3-10(4-6-11)8-13(17)15-7-1-2-12(15)9-16/h3-6,12,16H,1-2,7-9,14H2/t12-/m0/s1. The zero-order valence-corrected chi connectivity index (χ0v) is 9.80. The van der Waals surface area contributed by atoms with E-state index in [1.165, 1.54) is 0 Å². The number of amides is 1. The molecule has 0 spiro atoms. The van der Waals surface area contributed by atoms with Crippen LogP contribution in [0, 0.1) is 0 Å². The SMILES string of the molecule is Nc1ccc(CC(=O)N2CCC[C@H]2CO)cc1. The Labute approximate surface area is 101 Å². The molecular weight excluding hydrogens is 216 g/mol. The number of aliphatic hydroxyl groups is 1. The minimum Gasteiger partial charge on any atom is -0.399 e.